The highest BCUT2D eigenvalue weighted by Crippen LogP contribution is 2.21. The summed E-state index contributed by atoms with van der Waals surface area (Å²) in [5.41, 5.74) is 1.18. The molecule has 1 fully saturated rings. The summed E-state index contributed by atoms with van der Waals surface area (Å²) in [4.78, 5) is 0.354. The van der Waals surface area contributed by atoms with E-state index in [2.05, 4.69) is 23.9 Å². The van der Waals surface area contributed by atoms with Crippen LogP contribution < -0.4 is 10.0 Å². The fourth-order valence-electron chi connectivity index (χ4n) is 2.68. The van der Waals surface area contributed by atoms with Crippen molar-refractivity contribution in [3.05, 3.63) is 29.8 Å². The molecule has 2 N–H and O–H groups in total. The highest BCUT2D eigenvalue weighted by Gasteiger charge is 2.26. The van der Waals surface area contributed by atoms with Crippen LogP contribution in [0.15, 0.2) is 29.2 Å². The average Bonchev–Trinajstić information content (AvgIpc) is 2.49. The first kappa shape index (κ1) is 16.5. The summed E-state index contributed by atoms with van der Waals surface area (Å²) in [6, 6.07) is 7.41. The van der Waals surface area contributed by atoms with Crippen molar-refractivity contribution in [1.29, 1.82) is 0 Å². The van der Waals surface area contributed by atoms with Gasteiger partial charge >= 0.3 is 0 Å². The maximum absolute atomic E-state index is 12.5. The summed E-state index contributed by atoms with van der Waals surface area (Å²) in [5, 5.41) is 3.31. The third kappa shape index (κ3) is 4.05. The number of nitrogens with one attached hydrogen (secondary N) is 2. The van der Waals surface area contributed by atoms with Crippen LogP contribution in [0, 0.1) is 0 Å². The molecule has 0 aliphatic carbocycles. The minimum Gasteiger partial charge on any atom is -0.313 e. The lowest BCUT2D eigenvalue weighted by atomic mass is 9.99. The molecule has 21 heavy (non-hydrogen) atoms. The van der Waals surface area contributed by atoms with E-state index in [1.807, 2.05) is 19.1 Å². The predicted molar refractivity (Wildman–Crippen MR) is 86.0 cm³/mol. The smallest absolute Gasteiger partial charge is 0.240 e. The molecule has 1 aromatic rings. The summed E-state index contributed by atoms with van der Waals surface area (Å²) < 4.78 is 27.7. The van der Waals surface area contributed by atoms with Crippen molar-refractivity contribution in [2.24, 2.45) is 0 Å². The Hall–Kier alpha value is -0.910. The first-order chi connectivity index (χ1) is 9.94. The fourth-order valence-corrected chi connectivity index (χ4v) is 4.03. The van der Waals surface area contributed by atoms with Crippen molar-refractivity contribution in [1.82, 2.24) is 10.0 Å². The van der Waals surface area contributed by atoms with Crippen molar-refractivity contribution < 1.29 is 8.42 Å². The van der Waals surface area contributed by atoms with Gasteiger partial charge in [-0.15, -0.1) is 0 Å². The minimum atomic E-state index is -3.43. The Bertz CT molecular complexity index is 554. The zero-order valence-electron chi connectivity index (χ0n) is 13.1. The van der Waals surface area contributed by atoms with Crippen LogP contribution in [0.5, 0.6) is 0 Å². The Morgan fingerprint density at radius 1 is 1.33 bits per heavy atom. The third-order valence-electron chi connectivity index (χ3n) is 4.44. The highest BCUT2D eigenvalue weighted by atomic mass is 32.2. The Balaban J connectivity index is 2.12. The molecule has 1 aliphatic heterocycles. The Morgan fingerprint density at radius 3 is 2.57 bits per heavy atom. The van der Waals surface area contributed by atoms with Crippen LogP contribution in [-0.4, -0.2) is 27.0 Å². The molecule has 3 atom stereocenters. The average molecular weight is 310 g/mol. The zero-order chi connectivity index (χ0) is 15.5. The lowest BCUT2D eigenvalue weighted by Gasteiger charge is -2.30. The van der Waals surface area contributed by atoms with Gasteiger partial charge in [-0.05, 0) is 56.3 Å². The normalized spacial score (nSPS) is 24.7. The molecular weight excluding hydrogens is 284 g/mol. The second-order valence-corrected chi connectivity index (χ2v) is 7.71. The van der Waals surface area contributed by atoms with Crippen LogP contribution in [0.4, 0.5) is 0 Å². The summed E-state index contributed by atoms with van der Waals surface area (Å²) >= 11 is 0. The summed E-state index contributed by atoms with van der Waals surface area (Å²) in [6.07, 6.45) is 2.94. The number of hydrogen-bond acceptors (Lipinski definition) is 3. The van der Waals surface area contributed by atoms with E-state index in [1.165, 1.54) is 5.56 Å². The molecule has 1 aromatic carbocycles. The van der Waals surface area contributed by atoms with Gasteiger partial charge in [0.15, 0.2) is 0 Å². The molecule has 2 rings (SSSR count). The molecular formula is C16H26N2O2S. The van der Waals surface area contributed by atoms with Crippen molar-refractivity contribution in [3.8, 4) is 0 Å². The summed E-state index contributed by atoms with van der Waals surface area (Å²) in [6.45, 7) is 7.27. The molecule has 3 unspecified atom stereocenters. The van der Waals surface area contributed by atoms with E-state index < -0.39 is 10.0 Å². The van der Waals surface area contributed by atoms with Crippen molar-refractivity contribution >= 4 is 10.0 Å². The minimum absolute atomic E-state index is 0.0296. The van der Waals surface area contributed by atoms with Crippen LogP contribution >= 0.6 is 0 Å². The maximum atomic E-state index is 12.5. The van der Waals surface area contributed by atoms with E-state index in [-0.39, 0.29) is 12.1 Å². The SMILES string of the molecule is CCC(C)c1ccc(S(=O)(=O)NC2CCCNC2C)cc1. The van der Waals surface area contributed by atoms with Gasteiger partial charge in [0, 0.05) is 12.1 Å². The van der Waals surface area contributed by atoms with Gasteiger partial charge in [0.25, 0.3) is 0 Å². The third-order valence-corrected chi connectivity index (χ3v) is 5.95. The number of piperidine rings is 1. The molecule has 4 nitrogen and oxygen atoms in total. The molecule has 1 aliphatic rings. The largest absolute Gasteiger partial charge is 0.313 e. The molecule has 1 heterocycles. The van der Waals surface area contributed by atoms with Gasteiger partial charge in [-0.25, -0.2) is 13.1 Å². The first-order valence-corrected chi connectivity index (χ1v) is 9.28. The van der Waals surface area contributed by atoms with E-state index in [0.717, 1.165) is 25.8 Å². The second-order valence-electron chi connectivity index (χ2n) is 5.99. The number of benzene rings is 1. The van der Waals surface area contributed by atoms with E-state index in [9.17, 15) is 8.42 Å². The molecule has 0 amide bonds. The van der Waals surface area contributed by atoms with Crippen LogP contribution in [0.25, 0.3) is 0 Å². The first-order valence-electron chi connectivity index (χ1n) is 7.79. The van der Waals surface area contributed by atoms with Gasteiger partial charge in [0.2, 0.25) is 10.0 Å². The van der Waals surface area contributed by atoms with Crippen LogP contribution in [-0.2, 0) is 10.0 Å². The number of hydrogen-bond donors (Lipinski definition) is 2. The van der Waals surface area contributed by atoms with E-state index in [4.69, 9.17) is 0 Å². The van der Waals surface area contributed by atoms with Gasteiger partial charge in [0.1, 0.15) is 0 Å². The topological polar surface area (TPSA) is 58.2 Å². The van der Waals surface area contributed by atoms with Gasteiger partial charge in [0.05, 0.1) is 4.90 Å². The molecule has 0 aromatic heterocycles. The van der Waals surface area contributed by atoms with Crippen LogP contribution in [0.3, 0.4) is 0 Å². The van der Waals surface area contributed by atoms with E-state index >= 15 is 0 Å². The molecule has 0 bridgehead atoms. The predicted octanol–water partition coefficient (Wildman–Crippen LogP) is 2.62. The Morgan fingerprint density at radius 2 is 2.00 bits per heavy atom. The summed E-state index contributed by atoms with van der Waals surface area (Å²) in [5.74, 6) is 0.456. The van der Waals surface area contributed by atoms with Crippen molar-refractivity contribution in [3.63, 3.8) is 0 Å². The Kier molecular flexibility index (Phi) is 5.41. The molecule has 1 saturated heterocycles. The number of rotatable bonds is 5. The van der Waals surface area contributed by atoms with E-state index in [1.54, 1.807) is 12.1 Å². The molecule has 5 heteroatoms. The van der Waals surface area contributed by atoms with Gasteiger partial charge in [-0.2, -0.15) is 0 Å². The maximum Gasteiger partial charge on any atom is 0.240 e. The van der Waals surface area contributed by atoms with Gasteiger partial charge in [-0.3, -0.25) is 0 Å². The lowest BCUT2D eigenvalue weighted by molar-refractivity contribution is 0.349. The fraction of sp³-hybridized carbons (Fsp3) is 0.625. The monoisotopic (exact) mass is 310 g/mol. The highest BCUT2D eigenvalue weighted by molar-refractivity contribution is 7.89. The molecule has 0 radical (unpaired) electrons. The molecule has 0 saturated carbocycles. The summed E-state index contributed by atoms with van der Waals surface area (Å²) in [7, 11) is -3.43. The van der Waals surface area contributed by atoms with Crippen molar-refractivity contribution in [2.75, 3.05) is 6.54 Å². The van der Waals surface area contributed by atoms with Crippen LogP contribution in [0.2, 0.25) is 0 Å². The quantitative estimate of drug-likeness (QED) is 0.879. The zero-order valence-corrected chi connectivity index (χ0v) is 13.9. The standard InChI is InChI=1S/C16H26N2O2S/c1-4-12(2)14-7-9-15(10-8-14)21(19,20)18-16-6-5-11-17-13(16)3/h7-10,12-13,16-18H,4-6,11H2,1-3H3. The molecule has 118 valence electrons. The van der Waals surface area contributed by atoms with Crippen molar-refractivity contribution in [2.45, 2.75) is 62.9 Å². The molecule has 0 spiro atoms. The van der Waals surface area contributed by atoms with Gasteiger partial charge < -0.3 is 5.32 Å². The second kappa shape index (κ2) is 6.90. The van der Waals surface area contributed by atoms with E-state index in [0.29, 0.717) is 10.8 Å². The van der Waals surface area contributed by atoms with Crippen LogP contribution in [0.1, 0.15) is 51.5 Å². The Labute approximate surface area is 128 Å². The lowest BCUT2D eigenvalue weighted by Crippen LogP contribution is -2.51. The number of sulfonamides is 1. The van der Waals surface area contributed by atoms with Gasteiger partial charge in [-0.1, -0.05) is 26.0 Å².